The molecule has 22 heavy (non-hydrogen) atoms. The van der Waals surface area contributed by atoms with Crippen LogP contribution in [-0.2, 0) is 11.0 Å². The summed E-state index contributed by atoms with van der Waals surface area (Å²) in [4.78, 5) is 13.9. The zero-order valence-corrected chi connectivity index (χ0v) is 13.7. The van der Waals surface area contributed by atoms with Gasteiger partial charge in [-0.25, -0.2) is 0 Å². The van der Waals surface area contributed by atoms with Crippen molar-refractivity contribution in [2.45, 2.75) is 25.6 Å². The third-order valence-corrected chi connectivity index (χ3v) is 4.17. The second kappa shape index (κ2) is 8.43. The van der Waals surface area contributed by atoms with Crippen molar-refractivity contribution >= 4 is 23.4 Å². The molecule has 0 aromatic heterocycles. The van der Waals surface area contributed by atoms with Crippen LogP contribution in [0, 0.1) is 0 Å². The number of para-hydroxylation sites is 1. The molecule has 0 bridgehead atoms. The highest BCUT2D eigenvalue weighted by atomic mass is 32.2. The summed E-state index contributed by atoms with van der Waals surface area (Å²) in [7, 11) is 1.90. The van der Waals surface area contributed by atoms with E-state index in [1.807, 2.05) is 25.1 Å². The fourth-order valence-electron chi connectivity index (χ4n) is 1.92. The van der Waals surface area contributed by atoms with Crippen LogP contribution < -0.4 is 5.32 Å². The van der Waals surface area contributed by atoms with E-state index >= 15 is 0 Å². The Balaban J connectivity index is 2.60. The lowest BCUT2D eigenvalue weighted by Crippen LogP contribution is -2.33. The highest BCUT2D eigenvalue weighted by Gasteiger charge is 2.33. The lowest BCUT2D eigenvalue weighted by atomic mass is 10.1. The molecule has 1 N–H and O–H groups in total. The third-order valence-electron chi connectivity index (χ3n) is 3.36. The van der Waals surface area contributed by atoms with E-state index < -0.39 is 17.6 Å². The number of nitrogens with one attached hydrogen (secondary N) is 1. The monoisotopic (exact) mass is 334 g/mol. The summed E-state index contributed by atoms with van der Waals surface area (Å²) in [6.07, 6.45) is -2.32. The number of alkyl halides is 3. The molecular formula is C15H21F3N2OS. The minimum atomic E-state index is -4.48. The highest BCUT2D eigenvalue weighted by Crippen LogP contribution is 2.34. The molecule has 0 aliphatic rings. The summed E-state index contributed by atoms with van der Waals surface area (Å²) in [5.41, 5.74) is -1.02. The maximum Gasteiger partial charge on any atom is 0.418 e. The minimum Gasteiger partial charge on any atom is -0.325 e. The van der Waals surface area contributed by atoms with E-state index in [0.29, 0.717) is 12.6 Å². The fraction of sp³-hybridized carbons (Fsp3) is 0.533. The topological polar surface area (TPSA) is 32.3 Å². The Morgan fingerprint density at radius 1 is 1.36 bits per heavy atom. The number of hydrogen-bond donors (Lipinski definition) is 1. The second-order valence-electron chi connectivity index (χ2n) is 5.13. The molecule has 7 heteroatoms. The molecule has 0 saturated carbocycles. The summed E-state index contributed by atoms with van der Waals surface area (Å²) >= 11 is 1.71. The molecule has 1 aromatic carbocycles. The third kappa shape index (κ3) is 5.88. The summed E-state index contributed by atoms with van der Waals surface area (Å²) < 4.78 is 38.5. The van der Waals surface area contributed by atoms with Gasteiger partial charge in [-0.3, -0.25) is 4.79 Å². The number of amides is 1. The van der Waals surface area contributed by atoms with Gasteiger partial charge in [0.1, 0.15) is 0 Å². The van der Waals surface area contributed by atoms with E-state index in [1.165, 1.54) is 18.2 Å². The van der Waals surface area contributed by atoms with Gasteiger partial charge >= 0.3 is 6.18 Å². The maximum absolute atomic E-state index is 12.8. The van der Waals surface area contributed by atoms with Gasteiger partial charge in [-0.15, -0.1) is 0 Å². The number of carbonyl (C=O) groups is 1. The van der Waals surface area contributed by atoms with Gasteiger partial charge in [0.2, 0.25) is 5.91 Å². The molecule has 1 rings (SSSR count). The van der Waals surface area contributed by atoms with Crippen molar-refractivity contribution in [2.75, 3.05) is 30.9 Å². The van der Waals surface area contributed by atoms with Gasteiger partial charge in [0.05, 0.1) is 11.3 Å². The average Bonchev–Trinajstić information content (AvgIpc) is 2.44. The van der Waals surface area contributed by atoms with Gasteiger partial charge in [-0.1, -0.05) is 12.1 Å². The van der Waals surface area contributed by atoms with Crippen molar-refractivity contribution in [3.8, 4) is 0 Å². The largest absolute Gasteiger partial charge is 0.418 e. The van der Waals surface area contributed by atoms with Crippen LogP contribution in [0.15, 0.2) is 24.3 Å². The molecule has 0 fully saturated rings. The van der Waals surface area contributed by atoms with Crippen molar-refractivity contribution in [1.82, 2.24) is 4.90 Å². The number of anilines is 1. The smallest absolute Gasteiger partial charge is 0.325 e. The molecule has 3 nitrogen and oxygen atoms in total. The molecule has 0 aliphatic carbocycles. The first kappa shape index (κ1) is 18.8. The number of benzene rings is 1. The number of halogens is 3. The molecule has 0 aliphatic heterocycles. The molecule has 1 atom stereocenters. The van der Waals surface area contributed by atoms with E-state index in [4.69, 9.17) is 0 Å². The van der Waals surface area contributed by atoms with Gasteiger partial charge in [-0.2, -0.15) is 24.9 Å². The van der Waals surface area contributed by atoms with Crippen molar-refractivity contribution in [3.05, 3.63) is 29.8 Å². The average molecular weight is 334 g/mol. The summed E-state index contributed by atoms with van der Waals surface area (Å²) in [6.45, 7) is 2.55. The second-order valence-corrected chi connectivity index (χ2v) is 6.04. The number of rotatable bonds is 7. The van der Waals surface area contributed by atoms with Crippen molar-refractivity contribution < 1.29 is 18.0 Å². The van der Waals surface area contributed by atoms with Crippen LogP contribution in [0.5, 0.6) is 0 Å². The Labute approximate surface area is 133 Å². The molecular weight excluding hydrogens is 313 g/mol. The molecule has 0 saturated heterocycles. The molecule has 1 aromatic rings. The molecule has 0 heterocycles. The fourth-order valence-corrected chi connectivity index (χ4v) is 2.66. The minimum absolute atomic E-state index is 0.154. The molecule has 124 valence electrons. The Morgan fingerprint density at radius 2 is 2.00 bits per heavy atom. The number of carbonyl (C=O) groups excluding carboxylic acids is 1. The Morgan fingerprint density at radius 3 is 2.59 bits per heavy atom. The van der Waals surface area contributed by atoms with Crippen LogP contribution in [0.4, 0.5) is 18.9 Å². The summed E-state index contributed by atoms with van der Waals surface area (Å²) in [5, 5.41) is 2.35. The lowest BCUT2D eigenvalue weighted by molar-refractivity contribution is -0.137. The number of nitrogens with zero attached hydrogens (tertiary/aromatic N) is 1. The zero-order chi connectivity index (χ0) is 16.8. The first-order chi connectivity index (χ1) is 10.3. The van der Waals surface area contributed by atoms with E-state index in [0.717, 1.165) is 11.8 Å². The zero-order valence-electron chi connectivity index (χ0n) is 12.9. The van der Waals surface area contributed by atoms with Crippen LogP contribution in [0.1, 0.15) is 18.9 Å². The summed E-state index contributed by atoms with van der Waals surface area (Å²) in [6, 6.07) is 5.31. The molecule has 0 radical (unpaired) electrons. The molecule has 0 spiro atoms. The normalized spacial score (nSPS) is 13.2. The van der Waals surface area contributed by atoms with E-state index in [2.05, 4.69) is 5.32 Å². The predicted octanol–water partition coefficient (Wildman–Crippen LogP) is 3.72. The van der Waals surface area contributed by atoms with Crippen LogP contribution >= 0.6 is 11.8 Å². The summed E-state index contributed by atoms with van der Waals surface area (Å²) in [5.74, 6) is 0.523. The standard InChI is InChI=1S/C15H21F3N2OS/c1-11(10-22-3)20(2)9-8-14(21)19-13-7-5-4-6-12(13)15(16,17)18/h4-7,11H,8-10H2,1-3H3,(H,19,21). The van der Waals surface area contributed by atoms with Crippen molar-refractivity contribution in [2.24, 2.45) is 0 Å². The van der Waals surface area contributed by atoms with Crippen molar-refractivity contribution in [3.63, 3.8) is 0 Å². The van der Waals surface area contributed by atoms with Gasteiger partial charge in [0, 0.05) is 24.8 Å². The quantitative estimate of drug-likeness (QED) is 0.825. The molecule has 1 amide bonds. The lowest BCUT2D eigenvalue weighted by Gasteiger charge is -2.23. The van der Waals surface area contributed by atoms with E-state index in [9.17, 15) is 18.0 Å². The van der Waals surface area contributed by atoms with Gasteiger partial charge in [0.25, 0.3) is 0 Å². The first-order valence-electron chi connectivity index (χ1n) is 6.91. The SMILES string of the molecule is CSCC(C)N(C)CCC(=O)Nc1ccccc1C(F)(F)F. The van der Waals surface area contributed by atoms with Crippen LogP contribution in [0.3, 0.4) is 0 Å². The van der Waals surface area contributed by atoms with E-state index in [-0.39, 0.29) is 12.1 Å². The Kier molecular flexibility index (Phi) is 7.22. The van der Waals surface area contributed by atoms with E-state index in [1.54, 1.807) is 11.8 Å². The number of thioether (sulfide) groups is 1. The van der Waals surface area contributed by atoms with Crippen LogP contribution in [0.2, 0.25) is 0 Å². The van der Waals surface area contributed by atoms with Crippen LogP contribution in [0.25, 0.3) is 0 Å². The van der Waals surface area contributed by atoms with Gasteiger partial charge in [-0.05, 0) is 32.4 Å². The van der Waals surface area contributed by atoms with Gasteiger partial charge in [0.15, 0.2) is 0 Å². The maximum atomic E-state index is 12.8. The predicted molar refractivity (Wildman–Crippen MR) is 85.2 cm³/mol. The number of hydrogen-bond acceptors (Lipinski definition) is 3. The Bertz CT molecular complexity index is 494. The Hall–Kier alpha value is -1.21. The highest BCUT2D eigenvalue weighted by molar-refractivity contribution is 7.98. The van der Waals surface area contributed by atoms with Crippen LogP contribution in [-0.4, -0.2) is 42.4 Å². The van der Waals surface area contributed by atoms with Crippen molar-refractivity contribution in [1.29, 1.82) is 0 Å². The molecule has 1 unspecified atom stereocenters. The van der Waals surface area contributed by atoms with Gasteiger partial charge < -0.3 is 10.2 Å². The first-order valence-corrected chi connectivity index (χ1v) is 8.30.